The second kappa shape index (κ2) is 5.33. The van der Waals surface area contributed by atoms with Crippen molar-refractivity contribution < 1.29 is 19.4 Å². The van der Waals surface area contributed by atoms with Gasteiger partial charge in [-0.3, -0.25) is 4.79 Å². The van der Waals surface area contributed by atoms with E-state index in [9.17, 15) is 4.79 Å². The molecule has 98 valence electrons. The summed E-state index contributed by atoms with van der Waals surface area (Å²) in [6.45, 7) is 0.570. The topological polar surface area (TPSA) is 81.8 Å². The number of carboxylic acid groups (broad SMARTS) is 1. The van der Waals surface area contributed by atoms with Crippen LogP contribution in [0, 0.1) is 0 Å². The third-order valence-corrected chi connectivity index (χ3v) is 3.54. The summed E-state index contributed by atoms with van der Waals surface area (Å²) in [4.78, 5) is 10.8. The summed E-state index contributed by atoms with van der Waals surface area (Å²) < 4.78 is 11.9. The Labute approximate surface area is 101 Å². The zero-order valence-electron chi connectivity index (χ0n) is 10.1. The SMILES string of the molecule is NCC[C@H]1C[C@@H](CC(=O)O)OC2(CCCC2)O1. The molecule has 2 aliphatic rings. The van der Waals surface area contributed by atoms with Gasteiger partial charge in [0.05, 0.1) is 18.6 Å². The average molecular weight is 243 g/mol. The molecule has 5 nitrogen and oxygen atoms in total. The van der Waals surface area contributed by atoms with Crippen LogP contribution in [-0.2, 0) is 14.3 Å². The minimum absolute atomic E-state index is 0.0520. The van der Waals surface area contributed by atoms with Crippen LogP contribution in [0.15, 0.2) is 0 Å². The van der Waals surface area contributed by atoms with Crippen molar-refractivity contribution in [2.75, 3.05) is 6.54 Å². The number of ether oxygens (including phenoxy) is 2. The van der Waals surface area contributed by atoms with Crippen molar-refractivity contribution in [1.82, 2.24) is 0 Å². The van der Waals surface area contributed by atoms with E-state index in [0.29, 0.717) is 13.0 Å². The van der Waals surface area contributed by atoms with Crippen LogP contribution in [0.3, 0.4) is 0 Å². The zero-order valence-corrected chi connectivity index (χ0v) is 10.1. The van der Waals surface area contributed by atoms with Gasteiger partial charge in [-0.05, 0) is 25.8 Å². The maximum Gasteiger partial charge on any atom is 0.305 e. The van der Waals surface area contributed by atoms with Crippen LogP contribution in [0.5, 0.6) is 0 Å². The van der Waals surface area contributed by atoms with E-state index >= 15 is 0 Å². The molecule has 1 spiro atoms. The number of rotatable bonds is 4. The molecular formula is C12H21NO4. The molecule has 0 unspecified atom stereocenters. The highest BCUT2D eigenvalue weighted by Gasteiger charge is 2.44. The first-order chi connectivity index (χ1) is 8.13. The predicted molar refractivity (Wildman–Crippen MR) is 61.5 cm³/mol. The maximum absolute atomic E-state index is 10.8. The Balaban J connectivity index is 2.01. The molecule has 0 amide bonds. The zero-order chi connectivity index (χ0) is 12.3. The van der Waals surface area contributed by atoms with Crippen molar-refractivity contribution in [3.05, 3.63) is 0 Å². The van der Waals surface area contributed by atoms with Crippen LogP contribution in [0.1, 0.15) is 44.9 Å². The Kier molecular flexibility index (Phi) is 4.01. The van der Waals surface area contributed by atoms with Gasteiger partial charge in [-0.15, -0.1) is 0 Å². The summed E-state index contributed by atoms with van der Waals surface area (Å²) in [5.41, 5.74) is 5.56. The Hall–Kier alpha value is -0.650. The van der Waals surface area contributed by atoms with E-state index in [2.05, 4.69) is 0 Å². The van der Waals surface area contributed by atoms with E-state index < -0.39 is 11.8 Å². The third-order valence-electron chi connectivity index (χ3n) is 3.54. The number of hydrogen-bond donors (Lipinski definition) is 2. The first kappa shape index (κ1) is 12.8. The highest BCUT2D eigenvalue weighted by Crippen LogP contribution is 2.41. The van der Waals surface area contributed by atoms with Crippen LogP contribution in [0.4, 0.5) is 0 Å². The molecule has 2 fully saturated rings. The van der Waals surface area contributed by atoms with Gasteiger partial charge in [0, 0.05) is 19.3 Å². The standard InChI is InChI=1S/C12H21NO4/c13-6-3-9-7-10(8-11(14)15)17-12(16-9)4-1-2-5-12/h9-10H,1-8,13H2,(H,14,15)/t9-,10-/m0/s1. The molecule has 0 bridgehead atoms. The van der Waals surface area contributed by atoms with Gasteiger partial charge in [-0.1, -0.05) is 0 Å². The molecule has 3 N–H and O–H groups in total. The van der Waals surface area contributed by atoms with Crippen LogP contribution >= 0.6 is 0 Å². The summed E-state index contributed by atoms with van der Waals surface area (Å²) in [6.07, 6.45) is 5.25. The quantitative estimate of drug-likeness (QED) is 0.776. The molecular weight excluding hydrogens is 222 g/mol. The van der Waals surface area contributed by atoms with Crippen molar-refractivity contribution >= 4 is 5.97 Å². The molecule has 1 aliphatic heterocycles. The maximum atomic E-state index is 10.8. The Morgan fingerprint density at radius 1 is 1.29 bits per heavy atom. The Bertz CT molecular complexity index is 276. The van der Waals surface area contributed by atoms with Gasteiger partial charge in [-0.25, -0.2) is 0 Å². The molecule has 1 saturated heterocycles. The number of hydrogen-bond acceptors (Lipinski definition) is 4. The van der Waals surface area contributed by atoms with Crippen molar-refractivity contribution in [1.29, 1.82) is 0 Å². The van der Waals surface area contributed by atoms with E-state index in [1.165, 1.54) is 0 Å². The van der Waals surface area contributed by atoms with Crippen molar-refractivity contribution in [3.63, 3.8) is 0 Å². The van der Waals surface area contributed by atoms with E-state index in [0.717, 1.165) is 32.1 Å². The Morgan fingerprint density at radius 3 is 2.53 bits per heavy atom. The van der Waals surface area contributed by atoms with Crippen molar-refractivity contribution in [3.8, 4) is 0 Å². The van der Waals surface area contributed by atoms with Crippen LogP contribution < -0.4 is 5.73 Å². The van der Waals surface area contributed by atoms with Crippen molar-refractivity contribution in [2.24, 2.45) is 5.73 Å². The molecule has 2 atom stereocenters. The highest BCUT2D eigenvalue weighted by molar-refractivity contribution is 5.67. The van der Waals surface area contributed by atoms with Gasteiger partial charge in [-0.2, -0.15) is 0 Å². The van der Waals surface area contributed by atoms with Gasteiger partial charge in [0.2, 0.25) is 0 Å². The molecule has 0 radical (unpaired) electrons. The lowest BCUT2D eigenvalue weighted by Gasteiger charge is -2.42. The second-order valence-corrected chi connectivity index (χ2v) is 5.01. The minimum atomic E-state index is -0.809. The lowest BCUT2D eigenvalue weighted by molar-refractivity contribution is -0.314. The fourth-order valence-corrected chi connectivity index (χ4v) is 2.86. The molecule has 2 rings (SSSR count). The highest BCUT2D eigenvalue weighted by atomic mass is 16.7. The van der Waals surface area contributed by atoms with E-state index in [1.54, 1.807) is 0 Å². The van der Waals surface area contributed by atoms with Gasteiger partial charge in [0.25, 0.3) is 0 Å². The molecule has 1 aliphatic carbocycles. The van der Waals surface area contributed by atoms with Gasteiger partial charge in [0.15, 0.2) is 5.79 Å². The number of nitrogens with two attached hydrogens (primary N) is 1. The molecule has 17 heavy (non-hydrogen) atoms. The molecule has 1 heterocycles. The lowest BCUT2D eigenvalue weighted by Crippen LogP contribution is -2.47. The summed E-state index contributed by atoms with van der Waals surface area (Å²) in [5, 5.41) is 8.87. The fourth-order valence-electron chi connectivity index (χ4n) is 2.86. The van der Waals surface area contributed by atoms with Crippen LogP contribution in [0.2, 0.25) is 0 Å². The Morgan fingerprint density at radius 2 is 1.94 bits per heavy atom. The molecule has 0 aromatic carbocycles. The summed E-state index contributed by atoms with van der Waals surface area (Å²) in [7, 11) is 0. The van der Waals surface area contributed by atoms with Gasteiger partial charge in [0.1, 0.15) is 0 Å². The summed E-state index contributed by atoms with van der Waals surface area (Å²) >= 11 is 0. The third kappa shape index (κ3) is 3.18. The minimum Gasteiger partial charge on any atom is -0.481 e. The van der Waals surface area contributed by atoms with Crippen molar-refractivity contribution in [2.45, 2.75) is 62.9 Å². The van der Waals surface area contributed by atoms with Crippen LogP contribution in [0.25, 0.3) is 0 Å². The molecule has 0 aromatic rings. The van der Waals surface area contributed by atoms with E-state index in [4.69, 9.17) is 20.3 Å². The normalized spacial score (nSPS) is 31.8. The summed E-state index contributed by atoms with van der Waals surface area (Å²) in [6, 6.07) is 0. The van der Waals surface area contributed by atoms with Gasteiger partial charge < -0.3 is 20.3 Å². The molecule has 5 heteroatoms. The smallest absolute Gasteiger partial charge is 0.305 e. The first-order valence-corrected chi connectivity index (χ1v) is 6.41. The predicted octanol–water partition coefficient (Wildman–Crippen LogP) is 1.25. The summed E-state index contributed by atoms with van der Waals surface area (Å²) in [5.74, 6) is -1.32. The first-order valence-electron chi connectivity index (χ1n) is 6.41. The number of aliphatic carboxylic acids is 1. The molecule has 0 aromatic heterocycles. The van der Waals surface area contributed by atoms with E-state index in [-0.39, 0.29) is 18.6 Å². The molecule has 1 saturated carbocycles. The second-order valence-electron chi connectivity index (χ2n) is 5.01. The largest absolute Gasteiger partial charge is 0.481 e. The van der Waals surface area contributed by atoms with Gasteiger partial charge >= 0.3 is 5.97 Å². The van der Waals surface area contributed by atoms with E-state index in [1.807, 2.05) is 0 Å². The average Bonchev–Trinajstić information content (AvgIpc) is 2.64. The number of carbonyl (C=O) groups is 1. The lowest BCUT2D eigenvalue weighted by atomic mass is 10.0. The monoisotopic (exact) mass is 243 g/mol. The fraction of sp³-hybridized carbons (Fsp3) is 0.917. The van der Waals surface area contributed by atoms with Crippen LogP contribution in [-0.4, -0.2) is 35.6 Å². The number of carboxylic acids is 1.